The number of carbonyl (C=O) groups excluding carboxylic acids is 1. The number of carbonyl (C=O) groups is 1. The Balaban J connectivity index is 1.93. The monoisotopic (exact) mass is 296 g/mol. The average Bonchev–Trinajstić information content (AvgIpc) is 2.47. The van der Waals surface area contributed by atoms with Crippen molar-refractivity contribution in [2.75, 3.05) is 32.8 Å². The van der Waals surface area contributed by atoms with Gasteiger partial charge in [0.05, 0.1) is 0 Å². The molecule has 1 amide bonds. The van der Waals surface area contributed by atoms with Gasteiger partial charge in [-0.15, -0.1) is 0 Å². The van der Waals surface area contributed by atoms with E-state index in [0.29, 0.717) is 18.6 Å². The van der Waals surface area contributed by atoms with Crippen molar-refractivity contribution in [2.24, 2.45) is 11.3 Å². The Labute approximate surface area is 129 Å². The van der Waals surface area contributed by atoms with Gasteiger partial charge in [0.2, 0.25) is 5.91 Å². The number of rotatable bonds is 4. The first-order valence-corrected chi connectivity index (χ1v) is 8.56. The molecule has 0 spiro atoms. The van der Waals surface area contributed by atoms with Gasteiger partial charge in [-0.25, -0.2) is 0 Å². The molecular formula is C17H32N2O2. The molecule has 122 valence electrons. The molecule has 0 aromatic rings. The van der Waals surface area contributed by atoms with Crippen molar-refractivity contribution in [2.45, 2.75) is 58.9 Å². The summed E-state index contributed by atoms with van der Waals surface area (Å²) in [7, 11) is 0. The average molecular weight is 296 g/mol. The minimum Gasteiger partial charge on any atom is -0.396 e. The van der Waals surface area contributed by atoms with Crippen LogP contribution in [0, 0.1) is 11.3 Å². The van der Waals surface area contributed by atoms with Gasteiger partial charge < -0.3 is 10.0 Å². The third-order valence-corrected chi connectivity index (χ3v) is 5.29. The first-order chi connectivity index (χ1) is 9.96. The molecule has 0 bridgehead atoms. The smallest absolute Gasteiger partial charge is 0.219 e. The Morgan fingerprint density at radius 1 is 1.29 bits per heavy atom. The van der Waals surface area contributed by atoms with Crippen LogP contribution in [0.15, 0.2) is 0 Å². The van der Waals surface area contributed by atoms with Crippen molar-refractivity contribution in [3.63, 3.8) is 0 Å². The zero-order chi connectivity index (χ0) is 15.5. The van der Waals surface area contributed by atoms with Crippen LogP contribution in [-0.4, -0.2) is 59.6 Å². The molecule has 4 nitrogen and oxygen atoms in total. The number of likely N-dealkylation sites (tertiary alicyclic amines) is 2. The Morgan fingerprint density at radius 2 is 1.95 bits per heavy atom. The van der Waals surface area contributed by atoms with E-state index in [-0.39, 0.29) is 11.3 Å². The highest BCUT2D eigenvalue weighted by Gasteiger charge is 2.38. The summed E-state index contributed by atoms with van der Waals surface area (Å²) in [4.78, 5) is 16.0. The standard InChI is InChI=1S/C17H32N2O2/c1-14(2)11-17(13-20)7-4-8-19(12-17)16-5-9-18(10-6-16)15(3)21/h14,16,20H,4-13H2,1-3H3. The van der Waals surface area contributed by atoms with Crippen LogP contribution in [0.25, 0.3) is 0 Å². The van der Waals surface area contributed by atoms with Crippen molar-refractivity contribution >= 4 is 5.91 Å². The van der Waals surface area contributed by atoms with Crippen molar-refractivity contribution < 1.29 is 9.90 Å². The molecular weight excluding hydrogens is 264 g/mol. The fraction of sp³-hybridized carbons (Fsp3) is 0.941. The van der Waals surface area contributed by atoms with Gasteiger partial charge in [-0.2, -0.15) is 0 Å². The van der Waals surface area contributed by atoms with E-state index >= 15 is 0 Å². The molecule has 2 saturated heterocycles. The zero-order valence-corrected chi connectivity index (χ0v) is 14.0. The zero-order valence-electron chi connectivity index (χ0n) is 14.0. The van der Waals surface area contributed by atoms with Gasteiger partial charge in [-0.1, -0.05) is 13.8 Å². The number of nitrogens with zero attached hydrogens (tertiary/aromatic N) is 2. The predicted octanol–water partition coefficient (Wildman–Crippen LogP) is 2.12. The highest BCUT2D eigenvalue weighted by molar-refractivity contribution is 5.73. The maximum absolute atomic E-state index is 11.4. The maximum Gasteiger partial charge on any atom is 0.219 e. The molecule has 1 N–H and O–H groups in total. The Hall–Kier alpha value is -0.610. The molecule has 0 aromatic heterocycles. The number of hydrogen-bond acceptors (Lipinski definition) is 3. The summed E-state index contributed by atoms with van der Waals surface area (Å²) >= 11 is 0. The van der Waals surface area contributed by atoms with Crippen LogP contribution in [0.2, 0.25) is 0 Å². The molecule has 21 heavy (non-hydrogen) atoms. The quantitative estimate of drug-likeness (QED) is 0.864. The van der Waals surface area contributed by atoms with Gasteiger partial charge in [-0.05, 0) is 44.6 Å². The van der Waals surface area contributed by atoms with Crippen LogP contribution in [0.5, 0.6) is 0 Å². The second-order valence-corrected chi connectivity index (χ2v) is 7.57. The van der Waals surface area contributed by atoms with E-state index in [9.17, 15) is 9.90 Å². The first kappa shape index (κ1) is 16.8. The van der Waals surface area contributed by atoms with Gasteiger partial charge in [0.25, 0.3) is 0 Å². The van der Waals surface area contributed by atoms with Crippen molar-refractivity contribution in [1.82, 2.24) is 9.80 Å². The van der Waals surface area contributed by atoms with E-state index in [1.807, 2.05) is 4.90 Å². The van der Waals surface area contributed by atoms with E-state index in [2.05, 4.69) is 18.7 Å². The molecule has 4 heteroatoms. The van der Waals surface area contributed by atoms with Crippen molar-refractivity contribution in [3.05, 3.63) is 0 Å². The van der Waals surface area contributed by atoms with Crippen LogP contribution in [0.4, 0.5) is 0 Å². The third-order valence-electron chi connectivity index (χ3n) is 5.29. The molecule has 0 aliphatic carbocycles. The van der Waals surface area contributed by atoms with Gasteiger partial charge >= 0.3 is 0 Å². The number of amides is 1. The van der Waals surface area contributed by atoms with Gasteiger partial charge in [0.1, 0.15) is 0 Å². The predicted molar refractivity (Wildman–Crippen MR) is 85.1 cm³/mol. The van der Waals surface area contributed by atoms with E-state index < -0.39 is 0 Å². The van der Waals surface area contributed by atoms with Gasteiger partial charge in [0.15, 0.2) is 0 Å². The van der Waals surface area contributed by atoms with Crippen LogP contribution in [-0.2, 0) is 4.79 Å². The second-order valence-electron chi connectivity index (χ2n) is 7.57. The van der Waals surface area contributed by atoms with E-state index in [1.165, 1.54) is 6.42 Å². The largest absolute Gasteiger partial charge is 0.396 e. The lowest BCUT2D eigenvalue weighted by molar-refractivity contribution is -0.130. The van der Waals surface area contributed by atoms with E-state index in [1.54, 1.807) is 6.92 Å². The fourth-order valence-corrected chi connectivity index (χ4v) is 4.33. The van der Waals surface area contributed by atoms with E-state index in [4.69, 9.17) is 0 Å². The summed E-state index contributed by atoms with van der Waals surface area (Å²) in [5.41, 5.74) is 0.101. The highest BCUT2D eigenvalue weighted by atomic mass is 16.3. The molecule has 2 rings (SSSR count). The van der Waals surface area contributed by atoms with Crippen LogP contribution in [0.1, 0.15) is 52.9 Å². The molecule has 1 atom stereocenters. The summed E-state index contributed by atoms with van der Waals surface area (Å²) < 4.78 is 0. The van der Waals surface area contributed by atoms with Crippen LogP contribution >= 0.6 is 0 Å². The Kier molecular flexibility index (Phi) is 5.67. The summed E-state index contributed by atoms with van der Waals surface area (Å²) in [6, 6.07) is 0.596. The molecule has 2 heterocycles. The highest BCUT2D eigenvalue weighted by Crippen LogP contribution is 2.37. The molecule has 0 radical (unpaired) electrons. The Morgan fingerprint density at radius 3 is 2.48 bits per heavy atom. The van der Waals surface area contributed by atoms with Crippen molar-refractivity contribution in [3.8, 4) is 0 Å². The number of aliphatic hydroxyl groups is 1. The minimum absolute atomic E-state index is 0.101. The molecule has 2 aliphatic rings. The lowest BCUT2D eigenvalue weighted by Gasteiger charge is -2.47. The third kappa shape index (κ3) is 4.19. The topological polar surface area (TPSA) is 43.8 Å². The van der Waals surface area contributed by atoms with Gasteiger partial charge in [-0.3, -0.25) is 9.69 Å². The van der Waals surface area contributed by atoms with Crippen LogP contribution in [0.3, 0.4) is 0 Å². The Bertz CT molecular complexity index is 351. The first-order valence-electron chi connectivity index (χ1n) is 8.56. The second kappa shape index (κ2) is 7.10. The van der Waals surface area contributed by atoms with Crippen molar-refractivity contribution in [1.29, 1.82) is 0 Å². The number of aliphatic hydroxyl groups excluding tert-OH is 1. The molecule has 2 aliphatic heterocycles. The SMILES string of the molecule is CC(=O)N1CCC(N2CCCC(CO)(CC(C)C)C2)CC1. The fourth-order valence-electron chi connectivity index (χ4n) is 4.33. The summed E-state index contributed by atoms with van der Waals surface area (Å²) in [6.45, 7) is 10.5. The lowest BCUT2D eigenvalue weighted by Crippen LogP contribution is -2.53. The lowest BCUT2D eigenvalue weighted by atomic mass is 9.74. The van der Waals surface area contributed by atoms with Crippen LogP contribution < -0.4 is 0 Å². The van der Waals surface area contributed by atoms with E-state index in [0.717, 1.165) is 51.9 Å². The van der Waals surface area contributed by atoms with Gasteiger partial charge in [0, 0.05) is 44.6 Å². The normalized spacial score (nSPS) is 29.1. The summed E-state index contributed by atoms with van der Waals surface area (Å²) in [5.74, 6) is 0.841. The molecule has 2 fully saturated rings. The number of hydrogen-bond donors (Lipinski definition) is 1. The maximum atomic E-state index is 11.4. The molecule has 0 aromatic carbocycles. The molecule has 1 unspecified atom stereocenters. The summed E-state index contributed by atoms with van der Waals surface area (Å²) in [6.07, 6.45) is 5.64. The number of piperidine rings is 2. The minimum atomic E-state index is 0.101. The summed E-state index contributed by atoms with van der Waals surface area (Å²) in [5, 5.41) is 9.94. The molecule has 0 saturated carbocycles.